The molecular formula is C11H12F2O3. The molecule has 1 aromatic carbocycles. The SMILES string of the molecule is CC(C(=O)O)C(C)(O)c1cccc(F)c1F. The van der Waals surface area contributed by atoms with E-state index in [-0.39, 0.29) is 5.56 Å². The number of carboxylic acids is 1. The third-order valence-corrected chi connectivity index (χ3v) is 2.71. The van der Waals surface area contributed by atoms with Gasteiger partial charge in [-0.15, -0.1) is 0 Å². The number of carbonyl (C=O) groups is 1. The van der Waals surface area contributed by atoms with E-state index < -0.39 is 29.1 Å². The number of benzene rings is 1. The van der Waals surface area contributed by atoms with Crippen molar-refractivity contribution in [1.82, 2.24) is 0 Å². The summed E-state index contributed by atoms with van der Waals surface area (Å²) < 4.78 is 26.3. The molecule has 0 aliphatic rings. The molecule has 3 nitrogen and oxygen atoms in total. The maximum absolute atomic E-state index is 13.4. The summed E-state index contributed by atoms with van der Waals surface area (Å²) in [7, 11) is 0. The Hall–Kier alpha value is -1.49. The molecule has 2 N–H and O–H groups in total. The highest BCUT2D eigenvalue weighted by atomic mass is 19.2. The van der Waals surface area contributed by atoms with E-state index in [1.165, 1.54) is 13.0 Å². The third kappa shape index (κ3) is 2.04. The Kier molecular flexibility index (Phi) is 3.28. The van der Waals surface area contributed by atoms with Crippen LogP contribution >= 0.6 is 0 Å². The van der Waals surface area contributed by atoms with Crippen molar-refractivity contribution in [2.24, 2.45) is 5.92 Å². The van der Waals surface area contributed by atoms with Crippen LogP contribution in [0.25, 0.3) is 0 Å². The van der Waals surface area contributed by atoms with Gasteiger partial charge in [0.15, 0.2) is 11.6 Å². The van der Waals surface area contributed by atoms with Crippen LogP contribution in [0, 0.1) is 17.6 Å². The van der Waals surface area contributed by atoms with Gasteiger partial charge < -0.3 is 10.2 Å². The highest BCUT2D eigenvalue weighted by Gasteiger charge is 2.38. The van der Waals surface area contributed by atoms with E-state index in [0.717, 1.165) is 19.1 Å². The molecular weight excluding hydrogens is 218 g/mol. The zero-order chi connectivity index (χ0) is 12.5. The third-order valence-electron chi connectivity index (χ3n) is 2.71. The van der Waals surface area contributed by atoms with Crippen molar-refractivity contribution in [2.75, 3.05) is 0 Å². The van der Waals surface area contributed by atoms with E-state index in [2.05, 4.69) is 0 Å². The van der Waals surface area contributed by atoms with Crippen LogP contribution < -0.4 is 0 Å². The zero-order valence-corrected chi connectivity index (χ0v) is 8.87. The molecule has 0 saturated carbocycles. The van der Waals surface area contributed by atoms with E-state index in [1.54, 1.807) is 0 Å². The van der Waals surface area contributed by atoms with Crippen molar-refractivity contribution < 1.29 is 23.8 Å². The van der Waals surface area contributed by atoms with E-state index in [0.29, 0.717) is 0 Å². The summed E-state index contributed by atoms with van der Waals surface area (Å²) >= 11 is 0. The van der Waals surface area contributed by atoms with Crippen LogP contribution in [0.15, 0.2) is 18.2 Å². The van der Waals surface area contributed by atoms with E-state index in [9.17, 15) is 18.7 Å². The number of hydrogen-bond acceptors (Lipinski definition) is 2. The smallest absolute Gasteiger partial charge is 0.309 e. The van der Waals surface area contributed by atoms with Crippen LogP contribution in [0.4, 0.5) is 8.78 Å². The molecule has 88 valence electrons. The van der Waals surface area contributed by atoms with E-state index in [1.807, 2.05) is 0 Å². The highest BCUT2D eigenvalue weighted by Crippen LogP contribution is 2.31. The van der Waals surface area contributed by atoms with Crippen molar-refractivity contribution in [3.05, 3.63) is 35.4 Å². The van der Waals surface area contributed by atoms with E-state index in [4.69, 9.17) is 5.11 Å². The van der Waals surface area contributed by atoms with Crippen molar-refractivity contribution >= 4 is 5.97 Å². The second kappa shape index (κ2) is 4.17. The molecule has 2 unspecified atom stereocenters. The van der Waals surface area contributed by atoms with Crippen LogP contribution in [0.5, 0.6) is 0 Å². The maximum atomic E-state index is 13.4. The number of carboxylic acid groups (broad SMARTS) is 1. The van der Waals surface area contributed by atoms with Gasteiger partial charge in [-0.3, -0.25) is 4.79 Å². The summed E-state index contributed by atoms with van der Waals surface area (Å²) in [6.45, 7) is 2.37. The molecule has 2 atom stereocenters. The summed E-state index contributed by atoms with van der Waals surface area (Å²) in [6, 6.07) is 3.29. The van der Waals surface area contributed by atoms with Gasteiger partial charge in [-0.05, 0) is 19.9 Å². The number of hydrogen-bond donors (Lipinski definition) is 2. The molecule has 1 aromatic rings. The number of aliphatic carboxylic acids is 1. The molecule has 0 fully saturated rings. The summed E-state index contributed by atoms with van der Waals surface area (Å²) in [5.41, 5.74) is -2.32. The first kappa shape index (κ1) is 12.6. The van der Waals surface area contributed by atoms with Crippen LogP contribution in [0.1, 0.15) is 19.4 Å². The first-order valence-corrected chi connectivity index (χ1v) is 4.68. The fraction of sp³-hybridized carbons (Fsp3) is 0.364. The number of aliphatic hydroxyl groups is 1. The highest BCUT2D eigenvalue weighted by molar-refractivity contribution is 5.71. The predicted octanol–water partition coefficient (Wildman–Crippen LogP) is 1.89. The molecule has 0 aromatic heterocycles. The first-order valence-electron chi connectivity index (χ1n) is 4.68. The lowest BCUT2D eigenvalue weighted by Crippen LogP contribution is -2.36. The summed E-state index contributed by atoms with van der Waals surface area (Å²) in [4.78, 5) is 10.7. The Morgan fingerprint density at radius 1 is 1.44 bits per heavy atom. The van der Waals surface area contributed by atoms with Crippen LogP contribution in [0.2, 0.25) is 0 Å². The average molecular weight is 230 g/mol. The van der Waals surface area contributed by atoms with Crippen molar-refractivity contribution in [2.45, 2.75) is 19.4 Å². The van der Waals surface area contributed by atoms with Gasteiger partial charge >= 0.3 is 5.97 Å². The minimum absolute atomic E-state index is 0.359. The average Bonchev–Trinajstić information content (AvgIpc) is 2.20. The second-order valence-electron chi connectivity index (χ2n) is 3.81. The lowest BCUT2D eigenvalue weighted by Gasteiger charge is -2.28. The second-order valence-corrected chi connectivity index (χ2v) is 3.81. The summed E-state index contributed by atoms with van der Waals surface area (Å²) in [5.74, 6) is -4.87. The van der Waals surface area contributed by atoms with Gasteiger partial charge in [0.25, 0.3) is 0 Å². The Bertz CT molecular complexity index is 416. The molecule has 0 radical (unpaired) electrons. The summed E-state index contributed by atoms with van der Waals surface area (Å²) in [5, 5.41) is 18.7. The molecule has 1 rings (SSSR count). The topological polar surface area (TPSA) is 57.5 Å². The monoisotopic (exact) mass is 230 g/mol. The number of rotatable bonds is 3. The fourth-order valence-corrected chi connectivity index (χ4v) is 1.37. The molecule has 0 amide bonds. The lowest BCUT2D eigenvalue weighted by molar-refractivity contribution is -0.150. The van der Waals surface area contributed by atoms with Crippen LogP contribution in [-0.4, -0.2) is 16.2 Å². The molecule has 0 heterocycles. The quantitative estimate of drug-likeness (QED) is 0.833. The van der Waals surface area contributed by atoms with Crippen LogP contribution in [0.3, 0.4) is 0 Å². The maximum Gasteiger partial charge on any atom is 0.309 e. The molecule has 0 spiro atoms. The van der Waals surface area contributed by atoms with E-state index >= 15 is 0 Å². The van der Waals surface area contributed by atoms with Gasteiger partial charge in [-0.2, -0.15) is 0 Å². The molecule has 0 saturated heterocycles. The van der Waals surface area contributed by atoms with Crippen molar-refractivity contribution in [3.8, 4) is 0 Å². The largest absolute Gasteiger partial charge is 0.481 e. The van der Waals surface area contributed by atoms with Gasteiger partial charge in [0.1, 0.15) is 5.60 Å². The molecule has 0 aliphatic heterocycles. The van der Waals surface area contributed by atoms with Gasteiger partial charge in [0.2, 0.25) is 0 Å². The fourth-order valence-electron chi connectivity index (χ4n) is 1.37. The molecule has 16 heavy (non-hydrogen) atoms. The van der Waals surface area contributed by atoms with Crippen molar-refractivity contribution in [3.63, 3.8) is 0 Å². The minimum atomic E-state index is -1.96. The number of halogens is 2. The van der Waals surface area contributed by atoms with Gasteiger partial charge in [0, 0.05) is 5.56 Å². The lowest BCUT2D eigenvalue weighted by atomic mass is 9.84. The van der Waals surface area contributed by atoms with Crippen LogP contribution in [-0.2, 0) is 10.4 Å². The predicted molar refractivity (Wildman–Crippen MR) is 52.7 cm³/mol. The standard InChI is InChI=1S/C11H12F2O3/c1-6(10(14)15)11(2,16)7-4-3-5-8(12)9(7)13/h3-6,16H,1-2H3,(H,14,15). The van der Waals surface area contributed by atoms with Gasteiger partial charge in [-0.1, -0.05) is 12.1 Å². The molecule has 5 heteroatoms. The Morgan fingerprint density at radius 2 is 2.00 bits per heavy atom. The summed E-state index contributed by atoms with van der Waals surface area (Å²) in [6.07, 6.45) is 0. The Balaban J connectivity index is 3.26. The normalized spacial score (nSPS) is 16.6. The molecule has 0 bridgehead atoms. The first-order chi connectivity index (χ1) is 7.28. The van der Waals surface area contributed by atoms with Crippen molar-refractivity contribution in [1.29, 1.82) is 0 Å². The molecule has 0 aliphatic carbocycles. The van der Waals surface area contributed by atoms with Gasteiger partial charge in [0.05, 0.1) is 5.92 Å². The van der Waals surface area contributed by atoms with Gasteiger partial charge in [-0.25, -0.2) is 8.78 Å². The zero-order valence-electron chi connectivity index (χ0n) is 8.87. The minimum Gasteiger partial charge on any atom is -0.481 e. The Labute approximate surface area is 91.3 Å². The Morgan fingerprint density at radius 3 is 2.50 bits per heavy atom.